The van der Waals surface area contributed by atoms with Crippen LogP contribution < -0.4 is 5.32 Å². The van der Waals surface area contributed by atoms with Crippen molar-refractivity contribution < 1.29 is 17.6 Å². The molecule has 1 atom stereocenters. The minimum atomic E-state index is -2.89. The van der Waals surface area contributed by atoms with Crippen LogP contribution in [0.3, 0.4) is 0 Å². The molecule has 1 aliphatic rings. The van der Waals surface area contributed by atoms with Crippen LogP contribution in [0.4, 0.5) is 5.13 Å². The molecule has 0 aliphatic carbocycles. The van der Waals surface area contributed by atoms with Crippen molar-refractivity contribution in [2.75, 3.05) is 16.8 Å². The molecule has 2 aromatic heterocycles. The fourth-order valence-corrected chi connectivity index (χ4v) is 5.77. The number of aromatic nitrogens is 3. The Hall–Kier alpha value is -1.46. The minimum Gasteiger partial charge on any atom is -0.416 e. The van der Waals surface area contributed by atoms with Crippen LogP contribution in [0.1, 0.15) is 24.9 Å². The van der Waals surface area contributed by atoms with Gasteiger partial charge in [0.2, 0.25) is 11.8 Å². The molecule has 2 aromatic rings. The fourth-order valence-electron chi connectivity index (χ4n) is 2.38. The lowest BCUT2D eigenvalue weighted by Crippen LogP contribution is -2.07. The van der Waals surface area contributed by atoms with Crippen molar-refractivity contribution in [3.8, 4) is 0 Å². The van der Waals surface area contributed by atoms with E-state index in [0.717, 1.165) is 5.69 Å². The second kappa shape index (κ2) is 7.19. The number of carbonyl (C=O) groups excluding carboxylic acids is 1. The monoisotopic (exact) mass is 388 g/mol. The first-order chi connectivity index (χ1) is 11.4. The second-order valence-electron chi connectivity index (χ2n) is 5.55. The quantitative estimate of drug-likeness (QED) is 0.744. The maximum atomic E-state index is 11.5. The zero-order chi connectivity index (χ0) is 17.2. The summed E-state index contributed by atoms with van der Waals surface area (Å²) in [6.07, 6.45) is 1.15. The standard InChI is InChI=1S/C13H16N4O4S3/c1-8(18)14-12-15-10(5-22-12)6-23-13-17-16-11(21-13)4-9-2-3-24(19,20)7-9/h5,9H,2-4,6-7H2,1H3,(H,14,15,18)/t9-/m0/s1. The number of nitrogens with zero attached hydrogens (tertiary/aromatic N) is 3. The van der Waals surface area contributed by atoms with Crippen LogP contribution in [-0.4, -0.2) is 41.0 Å². The van der Waals surface area contributed by atoms with E-state index < -0.39 is 9.84 Å². The van der Waals surface area contributed by atoms with Gasteiger partial charge in [-0.25, -0.2) is 13.4 Å². The number of amides is 1. The summed E-state index contributed by atoms with van der Waals surface area (Å²) in [6, 6.07) is 0. The number of anilines is 1. The Labute approximate surface area is 147 Å². The maximum Gasteiger partial charge on any atom is 0.276 e. The number of carbonyl (C=O) groups is 1. The first kappa shape index (κ1) is 17.4. The molecule has 3 heterocycles. The summed E-state index contributed by atoms with van der Waals surface area (Å²) < 4.78 is 28.5. The predicted molar refractivity (Wildman–Crippen MR) is 90.7 cm³/mol. The zero-order valence-electron chi connectivity index (χ0n) is 12.9. The molecule has 0 saturated carbocycles. The van der Waals surface area contributed by atoms with Gasteiger partial charge in [-0.3, -0.25) is 4.79 Å². The third-order valence-corrected chi connectivity index (χ3v) is 6.91. The van der Waals surface area contributed by atoms with Crippen molar-refractivity contribution in [1.82, 2.24) is 15.2 Å². The molecule has 1 aliphatic heterocycles. The molecule has 3 rings (SSSR count). The lowest BCUT2D eigenvalue weighted by Gasteiger charge is -2.01. The van der Waals surface area contributed by atoms with E-state index >= 15 is 0 Å². The largest absolute Gasteiger partial charge is 0.416 e. The lowest BCUT2D eigenvalue weighted by atomic mass is 10.1. The molecular formula is C13H16N4O4S3. The van der Waals surface area contributed by atoms with E-state index in [1.54, 1.807) is 0 Å². The van der Waals surface area contributed by atoms with E-state index in [2.05, 4.69) is 20.5 Å². The Morgan fingerprint density at radius 3 is 3.04 bits per heavy atom. The SMILES string of the molecule is CC(=O)Nc1nc(CSc2nnc(C[C@@H]3CCS(=O)(=O)C3)o2)cs1. The van der Waals surface area contributed by atoms with E-state index in [1.807, 2.05) is 5.38 Å². The molecule has 0 spiro atoms. The molecular weight excluding hydrogens is 372 g/mol. The van der Waals surface area contributed by atoms with Crippen molar-refractivity contribution in [3.05, 3.63) is 17.0 Å². The van der Waals surface area contributed by atoms with Gasteiger partial charge in [0.15, 0.2) is 15.0 Å². The van der Waals surface area contributed by atoms with E-state index in [-0.39, 0.29) is 23.3 Å². The Balaban J connectivity index is 1.51. The molecule has 130 valence electrons. The molecule has 0 aromatic carbocycles. The van der Waals surface area contributed by atoms with E-state index in [1.165, 1.54) is 30.0 Å². The number of sulfone groups is 1. The second-order valence-corrected chi connectivity index (χ2v) is 9.56. The van der Waals surface area contributed by atoms with Gasteiger partial charge in [-0.2, -0.15) is 0 Å². The van der Waals surface area contributed by atoms with Crippen LogP contribution in [0.2, 0.25) is 0 Å². The third-order valence-electron chi connectivity index (χ3n) is 3.42. The van der Waals surface area contributed by atoms with Gasteiger partial charge in [0.25, 0.3) is 5.22 Å². The van der Waals surface area contributed by atoms with Crippen molar-refractivity contribution >= 4 is 44.0 Å². The number of rotatable bonds is 6. The Morgan fingerprint density at radius 1 is 1.50 bits per heavy atom. The first-order valence-corrected chi connectivity index (χ1v) is 11.0. The van der Waals surface area contributed by atoms with Crippen LogP contribution in [0.5, 0.6) is 0 Å². The smallest absolute Gasteiger partial charge is 0.276 e. The highest BCUT2D eigenvalue weighted by atomic mass is 32.2. The number of nitrogens with one attached hydrogen (secondary N) is 1. The highest BCUT2D eigenvalue weighted by Crippen LogP contribution is 2.26. The molecule has 0 unspecified atom stereocenters. The van der Waals surface area contributed by atoms with Crippen molar-refractivity contribution in [2.45, 2.75) is 30.7 Å². The average molecular weight is 388 g/mol. The predicted octanol–water partition coefficient (Wildman–Crippen LogP) is 1.75. The molecule has 8 nitrogen and oxygen atoms in total. The Kier molecular flexibility index (Phi) is 5.21. The van der Waals surface area contributed by atoms with Crippen LogP contribution in [0, 0.1) is 5.92 Å². The first-order valence-electron chi connectivity index (χ1n) is 7.27. The summed E-state index contributed by atoms with van der Waals surface area (Å²) >= 11 is 2.72. The lowest BCUT2D eigenvalue weighted by molar-refractivity contribution is -0.114. The Bertz CT molecular complexity index is 830. The molecule has 11 heteroatoms. The van der Waals surface area contributed by atoms with Crippen LogP contribution in [-0.2, 0) is 26.8 Å². The molecule has 0 radical (unpaired) electrons. The number of hydrogen-bond donors (Lipinski definition) is 1. The van der Waals surface area contributed by atoms with Gasteiger partial charge in [0.1, 0.15) is 0 Å². The summed E-state index contributed by atoms with van der Waals surface area (Å²) in [6.45, 7) is 1.44. The highest BCUT2D eigenvalue weighted by molar-refractivity contribution is 7.98. The van der Waals surface area contributed by atoms with Crippen LogP contribution >= 0.6 is 23.1 Å². The minimum absolute atomic E-state index is 0.0621. The maximum absolute atomic E-state index is 11.5. The highest BCUT2D eigenvalue weighted by Gasteiger charge is 2.29. The molecule has 1 fully saturated rings. The zero-order valence-corrected chi connectivity index (χ0v) is 15.3. The fraction of sp³-hybridized carbons (Fsp3) is 0.538. The molecule has 24 heavy (non-hydrogen) atoms. The summed E-state index contributed by atoms with van der Waals surface area (Å²) in [4.78, 5) is 15.2. The summed E-state index contributed by atoms with van der Waals surface area (Å²) in [5.41, 5.74) is 0.815. The van der Waals surface area contributed by atoms with Crippen molar-refractivity contribution in [2.24, 2.45) is 5.92 Å². The third kappa shape index (κ3) is 4.77. The van der Waals surface area contributed by atoms with Gasteiger partial charge in [-0.1, -0.05) is 11.8 Å². The van der Waals surface area contributed by atoms with Gasteiger partial charge in [0, 0.05) is 24.5 Å². The number of thioether (sulfide) groups is 1. The van der Waals surface area contributed by atoms with Crippen LogP contribution in [0.15, 0.2) is 15.0 Å². The average Bonchev–Trinajstić information content (AvgIpc) is 3.18. The van der Waals surface area contributed by atoms with Gasteiger partial charge in [0.05, 0.1) is 17.2 Å². The molecule has 1 N–H and O–H groups in total. The molecule has 0 bridgehead atoms. The van der Waals surface area contributed by atoms with E-state index in [9.17, 15) is 13.2 Å². The van der Waals surface area contributed by atoms with Gasteiger partial charge < -0.3 is 9.73 Å². The summed E-state index contributed by atoms with van der Waals surface area (Å²) in [5.74, 6) is 1.37. The van der Waals surface area contributed by atoms with Crippen molar-refractivity contribution in [3.63, 3.8) is 0 Å². The number of hydrogen-bond acceptors (Lipinski definition) is 9. The van der Waals surface area contributed by atoms with Gasteiger partial charge in [-0.15, -0.1) is 21.5 Å². The van der Waals surface area contributed by atoms with E-state index in [4.69, 9.17) is 4.42 Å². The normalized spacial score (nSPS) is 19.5. The Morgan fingerprint density at radius 2 is 2.33 bits per heavy atom. The van der Waals surface area contributed by atoms with Gasteiger partial charge in [-0.05, 0) is 12.3 Å². The molecule has 1 amide bonds. The summed E-state index contributed by atoms with van der Waals surface area (Å²) in [5, 5.41) is 13.4. The molecule has 1 saturated heterocycles. The summed E-state index contributed by atoms with van der Waals surface area (Å²) in [7, 11) is -2.89. The topological polar surface area (TPSA) is 115 Å². The number of thiazole rings is 1. The van der Waals surface area contributed by atoms with Gasteiger partial charge >= 0.3 is 0 Å². The van der Waals surface area contributed by atoms with Crippen molar-refractivity contribution in [1.29, 1.82) is 0 Å². The van der Waals surface area contributed by atoms with E-state index in [0.29, 0.717) is 34.8 Å². The van der Waals surface area contributed by atoms with Crippen LogP contribution in [0.25, 0.3) is 0 Å².